The predicted molar refractivity (Wildman–Crippen MR) is 90.0 cm³/mol. The van der Waals surface area contributed by atoms with E-state index in [-0.39, 0.29) is 51.7 Å². The average molecular weight is 342 g/mol. The van der Waals surface area contributed by atoms with Crippen LogP contribution < -0.4 is 0 Å². The quantitative estimate of drug-likeness (QED) is 0.265. The van der Waals surface area contributed by atoms with Crippen molar-refractivity contribution >= 4 is 0 Å². The molecule has 0 saturated carbocycles. The average Bonchev–Trinajstić information content (AvgIpc) is 2.59. The molecule has 7 heteroatoms. The summed E-state index contributed by atoms with van der Waals surface area (Å²) in [4.78, 5) is 0. The summed E-state index contributed by atoms with van der Waals surface area (Å²) in [5.41, 5.74) is -0.972. The van der Waals surface area contributed by atoms with Gasteiger partial charge in [-0.3, -0.25) is 0 Å². The van der Waals surface area contributed by atoms with Gasteiger partial charge in [-0.05, 0) is 25.7 Å². The summed E-state index contributed by atoms with van der Waals surface area (Å²) in [6.07, 6.45) is 3.17. The molecule has 0 aromatic carbocycles. The van der Waals surface area contributed by atoms with Crippen molar-refractivity contribution < 1.29 is 35.7 Å². The lowest BCUT2D eigenvalue weighted by molar-refractivity contribution is 0.00304. The molecule has 0 aliphatic carbocycles. The monoisotopic (exact) mass is 342 g/mol. The second-order valence-electron chi connectivity index (χ2n) is 6.32. The molecule has 23 heavy (non-hydrogen) atoms. The molecule has 7 nitrogen and oxygen atoms in total. The van der Waals surface area contributed by atoms with E-state index in [0.717, 1.165) is 19.3 Å². The van der Waals surface area contributed by atoms with E-state index in [1.165, 1.54) is 0 Å². The van der Waals surface area contributed by atoms with Crippen molar-refractivity contribution in [2.75, 3.05) is 46.2 Å². The summed E-state index contributed by atoms with van der Waals surface area (Å²) >= 11 is 0. The Morgan fingerprint density at radius 3 is 1.00 bits per heavy atom. The lowest BCUT2D eigenvalue weighted by Gasteiger charge is -2.24. The maximum Gasteiger partial charge on any atom is 0.0531 e. The Kier molecular flexibility index (Phi) is 21.6. The van der Waals surface area contributed by atoms with Gasteiger partial charge in [0.05, 0.1) is 33.0 Å². The van der Waals surface area contributed by atoms with Gasteiger partial charge in [0, 0.05) is 24.0 Å². The number of unbranched alkanes of at least 4 members (excludes halogenated alkanes) is 2. The molecule has 0 aromatic heterocycles. The van der Waals surface area contributed by atoms with Gasteiger partial charge in [0.25, 0.3) is 0 Å². The van der Waals surface area contributed by atoms with Crippen LogP contribution in [0.15, 0.2) is 0 Å². The molecule has 0 spiro atoms. The summed E-state index contributed by atoms with van der Waals surface area (Å²) in [5.74, 6) is 0. The van der Waals surface area contributed by atoms with Gasteiger partial charge >= 0.3 is 0 Å². The maximum absolute atomic E-state index is 8.66. The smallest absolute Gasteiger partial charge is 0.0531 e. The van der Waals surface area contributed by atoms with Crippen LogP contribution >= 0.6 is 0 Å². The Bertz CT molecular complexity index is 191. The number of aliphatic hydroxyl groups excluding tert-OH is 7. The highest BCUT2D eigenvalue weighted by atomic mass is 16.3. The number of hydrogen-bond donors (Lipinski definition) is 7. The normalized spacial score (nSPS) is 11.2. The summed E-state index contributed by atoms with van der Waals surface area (Å²) in [7, 11) is 0. The third-order valence-electron chi connectivity index (χ3n) is 3.43. The third-order valence-corrected chi connectivity index (χ3v) is 3.43. The summed E-state index contributed by atoms with van der Waals surface area (Å²) < 4.78 is 0. The minimum atomic E-state index is -0.667. The molecule has 0 amide bonds. The zero-order valence-corrected chi connectivity index (χ0v) is 14.9. The summed E-state index contributed by atoms with van der Waals surface area (Å²) in [6, 6.07) is 0. The Hall–Kier alpha value is -0.280. The lowest BCUT2D eigenvalue weighted by Crippen LogP contribution is -2.32. The number of hydrogen-bond acceptors (Lipinski definition) is 7. The third kappa shape index (κ3) is 17.9. The highest BCUT2D eigenvalue weighted by Gasteiger charge is 2.24. The van der Waals surface area contributed by atoms with Crippen molar-refractivity contribution in [1.29, 1.82) is 0 Å². The second kappa shape index (κ2) is 18.1. The lowest BCUT2D eigenvalue weighted by atomic mass is 9.88. The molecule has 0 aromatic rings. The van der Waals surface area contributed by atoms with Crippen molar-refractivity contribution in [2.45, 2.75) is 46.5 Å². The van der Waals surface area contributed by atoms with Gasteiger partial charge in [0.1, 0.15) is 0 Å². The van der Waals surface area contributed by atoms with Crippen LogP contribution in [0.4, 0.5) is 0 Å². The van der Waals surface area contributed by atoms with Crippen LogP contribution in [0.1, 0.15) is 46.5 Å². The first-order valence-electron chi connectivity index (χ1n) is 8.04. The highest BCUT2D eigenvalue weighted by Crippen LogP contribution is 2.18. The first-order valence-corrected chi connectivity index (χ1v) is 8.04. The van der Waals surface area contributed by atoms with Gasteiger partial charge in [-0.15, -0.1) is 0 Å². The Morgan fingerprint density at radius 2 is 0.913 bits per heavy atom. The molecule has 0 fully saturated rings. The molecule has 0 saturated heterocycles. The molecule has 0 unspecified atom stereocenters. The predicted octanol–water partition coefficient (Wildman–Crippen LogP) is -0.502. The van der Waals surface area contributed by atoms with Crippen molar-refractivity contribution in [3.63, 3.8) is 0 Å². The molecule has 0 aliphatic rings. The minimum absolute atomic E-state index is 0.0451. The molecule has 0 bridgehead atoms. The second-order valence-corrected chi connectivity index (χ2v) is 6.32. The van der Waals surface area contributed by atoms with E-state index >= 15 is 0 Å². The van der Waals surface area contributed by atoms with Crippen LogP contribution in [0.2, 0.25) is 0 Å². The van der Waals surface area contributed by atoms with Gasteiger partial charge in [-0.1, -0.05) is 20.8 Å². The van der Waals surface area contributed by atoms with Gasteiger partial charge in [-0.25, -0.2) is 0 Å². The Morgan fingerprint density at radius 1 is 0.565 bits per heavy atom. The molecular formula is C16H38O7. The van der Waals surface area contributed by atoms with Crippen LogP contribution in [0.3, 0.4) is 0 Å². The van der Waals surface area contributed by atoms with Crippen molar-refractivity contribution in [3.8, 4) is 0 Å². The van der Waals surface area contributed by atoms with Crippen molar-refractivity contribution in [1.82, 2.24) is 0 Å². The molecule has 0 heterocycles. The molecule has 144 valence electrons. The first-order chi connectivity index (χ1) is 10.8. The molecular weight excluding hydrogens is 304 g/mol. The number of aliphatic hydroxyl groups is 7. The zero-order chi connectivity index (χ0) is 18.8. The van der Waals surface area contributed by atoms with E-state index in [1.807, 2.05) is 6.92 Å². The topological polar surface area (TPSA) is 142 Å². The van der Waals surface area contributed by atoms with Gasteiger partial charge in [0.2, 0.25) is 0 Å². The molecule has 7 N–H and O–H groups in total. The van der Waals surface area contributed by atoms with Crippen molar-refractivity contribution in [2.24, 2.45) is 10.8 Å². The summed E-state index contributed by atoms with van der Waals surface area (Å²) in [6.45, 7) is 5.54. The molecule has 0 rings (SSSR count). The van der Waals surface area contributed by atoms with Crippen LogP contribution in [0.5, 0.6) is 0 Å². The van der Waals surface area contributed by atoms with Crippen LogP contribution in [-0.4, -0.2) is 82.0 Å². The van der Waals surface area contributed by atoms with Crippen LogP contribution in [-0.2, 0) is 0 Å². The molecule has 0 aliphatic heterocycles. The van der Waals surface area contributed by atoms with Crippen LogP contribution in [0.25, 0.3) is 0 Å². The fourth-order valence-electron chi connectivity index (χ4n) is 0.936. The van der Waals surface area contributed by atoms with Gasteiger partial charge in [-0.2, -0.15) is 0 Å². The molecule has 0 atom stereocenters. The van der Waals surface area contributed by atoms with E-state index < -0.39 is 5.41 Å². The highest BCUT2D eigenvalue weighted by molar-refractivity contribution is 4.74. The number of rotatable bonds is 10. The van der Waals surface area contributed by atoms with E-state index in [9.17, 15) is 0 Å². The minimum Gasteiger partial charge on any atom is -0.396 e. The Labute approximate surface area is 140 Å². The fraction of sp³-hybridized carbons (Fsp3) is 1.00. The zero-order valence-electron chi connectivity index (χ0n) is 14.9. The van der Waals surface area contributed by atoms with Crippen molar-refractivity contribution in [3.05, 3.63) is 0 Å². The van der Waals surface area contributed by atoms with E-state index in [0.29, 0.717) is 6.42 Å². The van der Waals surface area contributed by atoms with Gasteiger partial charge < -0.3 is 35.7 Å². The largest absolute Gasteiger partial charge is 0.396 e. The van der Waals surface area contributed by atoms with Crippen LogP contribution in [0, 0.1) is 10.8 Å². The van der Waals surface area contributed by atoms with E-state index in [1.54, 1.807) is 13.8 Å². The van der Waals surface area contributed by atoms with Gasteiger partial charge in [0.15, 0.2) is 0 Å². The first kappa shape index (κ1) is 27.6. The SMILES string of the molecule is CC(C)(CO)CO.CCC(CO)(CO)CO.OCCCCCO. The fourth-order valence-corrected chi connectivity index (χ4v) is 0.936. The summed E-state index contributed by atoms with van der Waals surface area (Å²) in [5, 5.41) is 59.3. The standard InChI is InChI=1S/C6H14O3.2C5H12O2/c1-2-6(3-7,4-8)5-9;1-5(2,3-6)4-7;6-4-2-1-3-5-7/h7-9H,2-5H2,1H3;6-7H,3-4H2,1-2H3;6-7H,1-5H2. The Balaban J connectivity index is -0.000000264. The van der Waals surface area contributed by atoms with E-state index in [2.05, 4.69) is 0 Å². The maximum atomic E-state index is 8.66. The van der Waals surface area contributed by atoms with E-state index in [4.69, 9.17) is 35.7 Å². The molecule has 0 radical (unpaired) electrons.